The molecule has 0 atom stereocenters. The van der Waals surface area contributed by atoms with Gasteiger partial charge in [0.15, 0.2) is 9.76 Å². The maximum Gasteiger partial charge on any atom is 0.374 e. The van der Waals surface area contributed by atoms with E-state index in [2.05, 4.69) is 34.6 Å². The van der Waals surface area contributed by atoms with Gasteiger partial charge < -0.3 is 13.6 Å². The molecule has 1 aromatic heterocycles. The first-order valence-electron chi connectivity index (χ1n) is 8.42. The molecule has 132 valence electrons. The molecule has 5 heteroatoms. The highest BCUT2D eigenvalue weighted by molar-refractivity contribution is 6.31. The maximum absolute atomic E-state index is 12.1. The van der Waals surface area contributed by atoms with Crippen molar-refractivity contribution in [3.05, 3.63) is 34.1 Å². The number of carbonyl (C=O) groups excluding carboxylic acids is 1. The zero-order valence-corrected chi connectivity index (χ0v) is 17.2. The van der Waals surface area contributed by atoms with Crippen LogP contribution in [0, 0.1) is 20.8 Å². The number of rotatable bonds is 5. The van der Waals surface area contributed by atoms with Crippen molar-refractivity contribution in [2.45, 2.75) is 60.1 Å². The fraction of sp³-hybridized carbons (Fsp3) is 0.526. The van der Waals surface area contributed by atoms with Crippen LogP contribution in [0.1, 0.15) is 60.5 Å². The number of esters is 1. The molecule has 0 aliphatic rings. The monoisotopic (exact) mass is 348 g/mol. The van der Waals surface area contributed by atoms with Crippen LogP contribution in [0.2, 0.25) is 5.04 Å². The normalized spacial score (nSPS) is 12.5. The largest absolute Gasteiger partial charge is 0.460 e. The van der Waals surface area contributed by atoms with Crippen molar-refractivity contribution in [1.82, 2.24) is 0 Å². The lowest BCUT2D eigenvalue weighted by molar-refractivity contribution is 0.0491. The van der Waals surface area contributed by atoms with E-state index < -0.39 is 15.7 Å². The number of fused-ring (bicyclic) bond motifs is 1. The van der Waals surface area contributed by atoms with Gasteiger partial charge in [-0.1, -0.05) is 20.8 Å². The minimum absolute atomic E-state index is 0.248. The van der Waals surface area contributed by atoms with Crippen LogP contribution in [0.3, 0.4) is 0 Å². The summed E-state index contributed by atoms with van der Waals surface area (Å²) in [5, 5.41) is 1.24. The quantitative estimate of drug-likeness (QED) is 0.595. The minimum atomic E-state index is -0.640. The summed E-state index contributed by atoms with van der Waals surface area (Å²) in [6, 6.07) is 1.99. The maximum atomic E-state index is 12.1. The van der Waals surface area contributed by atoms with E-state index in [1.54, 1.807) is 6.92 Å². The Bertz CT molecular complexity index is 753. The molecule has 0 spiro atoms. The van der Waals surface area contributed by atoms with Crippen LogP contribution in [0.25, 0.3) is 11.0 Å². The van der Waals surface area contributed by atoms with Gasteiger partial charge in [-0.15, -0.1) is 0 Å². The average Bonchev–Trinajstić information content (AvgIpc) is 2.79. The molecule has 2 rings (SSSR count). The number of benzene rings is 1. The molecule has 2 aromatic rings. The Hall–Kier alpha value is -1.59. The van der Waals surface area contributed by atoms with E-state index in [9.17, 15) is 4.79 Å². The lowest BCUT2D eigenvalue weighted by Gasteiger charge is -2.18. The lowest BCUT2D eigenvalue weighted by atomic mass is 9.97. The molecule has 0 bridgehead atoms. The van der Waals surface area contributed by atoms with E-state index in [-0.39, 0.29) is 5.04 Å². The van der Waals surface area contributed by atoms with Gasteiger partial charge in [0.05, 0.1) is 13.2 Å². The van der Waals surface area contributed by atoms with Crippen molar-refractivity contribution >= 4 is 26.7 Å². The number of carbonyl (C=O) groups is 1. The molecule has 0 aliphatic carbocycles. The summed E-state index contributed by atoms with van der Waals surface area (Å²) >= 11 is 0. The Morgan fingerprint density at radius 1 is 1.21 bits per heavy atom. The third kappa shape index (κ3) is 3.90. The van der Waals surface area contributed by atoms with Crippen LogP contribution in [0.15, 0.2) is 10.5 Å². The zero-order chi connectivity index (χ0) is 18.1. The standard InChI is InChI=1S/C19H28O4Si/c1-8-21-18(20)17-13(4)16-14(10-22-24-19(5,6)7)12(3)11(2)9-15(16)23-17/h9H,8,10,24H2,1-7H3. The summed E-state index contributed by atoms with van der Waals surface area (Å²) in [4.78, 5) is 12.1. The molecule has 24 heavy (non-hydrogen) atoms. The molecule has 0 N–H and O–H groups in total. The van der Waals surface area contributed by atoms with Crippen LogP contribution < -0.4 is 0 Å². The summed E-state index contributed by atoms with van der Waals surface area (Å²) in [5.74, 6) is -0.108. The van der Waals surface area contributed by atoms with Gasteiger partial charge in [0.25, 0.3) is 0 Å². The van der Waals surface area contributed by atoms with Crippen LogP contribution in [0.5, 0.6) is 0 Å². The number of hydrogen-bond donors (Lipinski definition) is 0. The summed E-state index contributed by atoms with van der Waals surface area (Å²) in [7, 11) is -0.640. The van der Waals surface area contributed by atoms with E-state index in [1.807, 2.05) is 13.0 Å². The molecule has 1 aromatic carbocycles. The van der Waals surface area contributed by atoms with Gasteiger partial charge >= 0.3 is 5.97 Å². The van der Waals surface area contributed by atoms with E-state index >= 15 is 0 Å². The minimum Gasteiger partial charge on any atom is -0.460 e. The van der Waals surface area contributed by atoms with Crippen LogP contribution >= 0.6 is 0 Å². The first-order valence-corrected chi connectivity index (χ1v) is 9.71. The van der Waals surface area contributed by atoms with E-state index in [1.165, 1.54) is 5.56 Å². The van der Waals surface area contributed by atoms with Gasteiger partial charge in [-0.05, 0) is 55.5 Å². The molecule has 0 radical (unpaired) electrons. The second-order valence-electron chi connectivity index (χ2n) is 7.50. The van der Waals surface area contributed by atoms with Gasteiger partial charge in [0, 0.05) is 10.9 Å². The Morgan fingerprint density at radius 3 is 2.46 bits per heavy atom. The van der Waals surface area contributed by atoms with Crippen LogP contribution in [0.4, 0.5) is 0 Å². The number of hydrogen-bond acceptors (Lipinski definition) is 4. The van der Waals surface area contributed by atoms with Crippen molar-refractivity contribution in [1.29, 1.82) is 0 Å². The zero-order valence-electron chi connectivity index (χ0n) is 15.8. The first kappa shape index (κ1) is 18.7. The molecular weight excluding hydrogens is 320 g/mol. The first-order chi connectivity index (χ1) is 11.2. The van der Waals surface area contributed by atoms with Crippen molar-refractivity contribution in [3.63, 3.8) is 0 Å². The van der Waals surface area contributed by atoms with Gasteiger partial charge in [-0.25, -0.2) is 4.79 Å². The van der Waals surface area contributed by atoms with Crippen LogP contribution in [-0.4, -0.2) is 22.3 Å². The second-order valence-corrected chi connectivity index (χ2v) is 10.3. The molecular formula is C19H28O4Si. The molecule has 1 heterocycles. The number of furan rings is 1. The Morgan fingerprint density at radius 2 is 1.88 bits per heavy atom. The Kier molecular flexibility index (Phi) is 5.55. The fourth-order valence-electron chi connectivity index (χ4n) is 2.77. The summed E-state index contributed by atoms with van der Waals surface area (Å²) in [6.07, 6.45) is 0. The third-order valence-electron chi connectivity index (χ3n) is 4.11. The van der Waals surface area contributed by atoms with Crippen LogP contribution in [-0.2, 0) is 15.8 Å². The summed E-state index contributed by atoms with van der Waals surface area (Å²) in [6.45, 7) is 15.4. The van der Waals surface area contributed by atoms with Gasteiger partial charge in [-0.2, -0.15) is 0 Å². The fourth-order valence-corrected chi connectivity index (χ4v) is 3.69. The van der Waals surface area contributed by atoms with Crippen molar-refractivity contribution in [2.24, 2.45) is 0 Å². The van der Waals surface area contributed by atoms with Gasteiger partial charge in [0.2, 0.25) is 5.76 Å². The molecule has 0 aliphatic heterocycles. The van der Waals surface area contributed by atoms with Crippen molar-refractivity contribution in [3.8, 4) is 0 Å². The predicted molar refractivity (Wildman–Crippen MR) is 99.4 cm³/mol. The smallest absolute Gasteiger partial charge is 0.374 e. The van der Waals surface area contributed by atoms with E-state index in [4.69, 9.17) is 13.6 Å². The van der Waals surface area contributed by atoms with Crippen molar-refractivity contribution < 1.29 is 18.4 Å². The topological polar surface area (TPSA) is 48.7 Å². The SMILES string of the molecule is CCOC(=O)c1oc2cc(C)c(C)c(CO[SiH2]C(C)(C)C)c2c1C. The average molecular weight is 349 g/mol. The number of aryl methyl sites for hydroxylation is 2. The molecule has 0 fully saturated rings. The third-order valence-corrected chi connectivity index (χ3v) is 5.38. The Labute approximate surface area is 146 Å². The molecule has 0 saturated carbocycles. The summed E-state index contributed by atoms with van der Waals surface area (Å²) < 4.78 is 17.0. The van der Waals surface area contributed by atoms with E-state index in [0.29, 0.717) is 19.0 Å². The molecule has 0 saturated heterocycles. The molecule has 0 amide bonds. The number of ether oxygens (including phenoxy) is 1. The van der Waals surface area contributed by atoms with Crippen molar-refractivity contribution in [2.75, 3.05) is 6.61 Å². The van der Waals surface area contributed by atoms with Gasteiger partial charge in [0.1, 0.15) is 5.58 Å². The lowest BCUT2D eigenvalue weighted by Crippen LogP contribution is -2.13. The van der Waals surface area contributed by atoms with E-state index in [0.717, 1.165) is 27.7 Å². The molecule has 4 nitrogen and oxygen atoms in total. The summed E-state index contributed by atoms with van der Waals surface area (Å²) in [5.41, 5.74) is 5.03. The Balaban J connectivity index is 2.48. The highest BCUT2D eigenvalue weighted by Crippen LogP contribution is 2.33. The predicted octanol–water partition coefficient (Wildman–Crippen LogP) is 4.35. The highest BCUT2D eigenvalue weighted by Gasteiger charge is 2.23. The second kappa shape index (κ2) is 7.11. The van der Waals surface area contributed by atoms with Gasteiger partial charge in [-0.3, -0.25) is 0 Å². The molecule has 0 unspecified atom stereocenters. The highest BCUT2D eigenvalue weighted by atomic mass is 28.2.